The lowest BCUT2D eigenvalue weighted by Gasteiger charge is -2.43. The van der Waals surface area contributed by atoms with Gasteiger partial charge in [0.15, 0.2) is 11.5 Å². The molecule has 0 aromatic heterocycles. The summed E-state index contributed by atoms with van der Waals surface area (Å²) in [6.07, 6.45) is 5.17. The van der Waals surface area contributed by atoms with Crippen molar-refractivity contribution in [3.8, 4) is 11.5 Å². The Morgan fingerprint density at radius 2 is 1.44 bits per heavy atom. The van der Waals surface area contributed by atoms with E-state index in [2.05, 4.69) is 113 Å². The van der Waals surface area contributed by atoms with E-state index >= 15 is 0 Å². The summed E-state index contributed by atoms with van der Waals surface area (Å²) >= 11 is 2.34. The Balaban J connectivity index is 1.44. The van der Waals surface area contributed by atoms with Crippen molar-refractivity contribution in [2.24, 2.45) is 4.99 Å². The third-order valence-corrected chi connectivity index (χ3v) is 8.95. The Hall–Kier alpha value is -3.32. The number of ether oxygens (including phenoxy) is 2. The molecular formula is C36H37IN2O2. The standard InChI is InChI=1S/C36H37IN2O2/c1-3-19-41-36-33(37)20-25(21-34(36)40-4-2)24-38-28-22-31-29(26-11-7-5-8-12-26)15-17-39-18-16-30(32(23-28)35(31)39)27-13-9-6-10-14-27/h5-14,20-24,29-30H,3-4,15-19H2,1-2H3/t29-,30+. The Labute approximate surface area is 257 Å². The first-order valence-corrected chi connectivity index (χ1v) is 15.9. The first-order chi connectivity index (χ1) is 20.2. The van der Waals surface area contributed by atoms with Crippen molar-refractivity contribution in [2.45, 2.75) is 44.9 Å². The van der Waals surface area contributed by atoms with Crippen LogP contribution in [0, 0.1) is 3.57 Å². The highest BCUT2D eigenvalue weighted by Crippen LogP contribution is 2.50. The highest BCUT2D eigenvalue weighted by molar-refractivity contribution is 14.1. The van der Waals surface area contributed by atoms with Gasteiger partial charge in [0.2, 0.25) is 0 Å². The molecule has 0 aliphatic carbocycles. The van der Waals surface area contributed by atoms with Crippen LogP contribution in [0.4, 0.5) is 11.4 Å². The second kappa shape index (κ2) is 12.7. The summed E-state index contributed by atoms with van der Waals surface area (Å²) in [6.45, 7) is 7.56. The summed E-state index contributed by atoms with van der Waals surface area (Å²) in [5, 5.41) is 0. The summed E-state index contributed by atoms with van der Waals surface area (Å²) in [6, 6.07) is 30.8. The monoisotopic (exact) mass is 656 g/mol. The minimum absolute atomic E-state index is 0.367. The first-order valence-electron chi connectivity index (χ1n) is 14.8. The van der Waals surface area contributed by atoms with Crippen molar-refractivity contribution in [1.82, 2.24) is 0 Å². The van der Waals surface area contributed by atoms with Crippen LogP contribution in [-0.4, -0.2) is 32.5 Å². The van der Waals surface area contributed by atoms with Gasteiger partial charge >= 0.3 is 0 Å². The molecule has 4 aromatic rings. The van der Waals surface area contributed by atoms with Crippen LogP contribution >= 0.6 is 22.6 Å². The zero-order valence-electron chi connectivity index (χ0n) is 23.9. The van der Waals surface area contributed by atoms with E-state index in [1.807, 2.05) is 19.2 Å². The van der Waals surface area contributed by atoms with Gasteiger partial charge in [-0.2, -0.15) is 0 Å². The predicted octanol–water partition coefficient (Wildman–Crippen LogP) is 9.11. The predicted molar refractivity (Wildman–Crippen MR) is 178 cm³/mol. The summed E-state index contributed by atoms with van der Waals surface area (Å²) in [5.41, 5.74) is 9.01. The normalized spacial score (nSPS) is 17.9. The highest BCUT2D eigenvalue weighted by atomic mass is 127. The second-order valence-electron chi connectivity index (χ2n) is 10.8. The maximum Gasteiger partial charge on any atom is 0.174 e. The zero-order chi connectivity index (χ0) is 28.2. The fourth-order valence-electron chi connectivity index (χ4n) is 6.33. The van der Waals surface area contributed by atoms with Gasteiger partial charge in [-0.15, -0.1) is 0 Å². The van der Waals surface area contributed by atoms with Crippen LogP contribution < -0.4 is 14.4 Å². The molecule has 0 unspecified atom stereocenters. The maximum absolute atomic E-state index is 6.02. The summed E-state index contributed by atoms with van der Waals surface area (Å²) in [7, 11) is 0. The van der Waals surface area contributed by atoms with E-state index in [4.69, 9.17) is 14.5 Å². The molecule has 6 rings (SSSR count). The van der Waals surface area contributed by atoms with Crippen LogP contribution in [0.2, 0.25) is 0 Å². The number of hydrogen-bond acceptors (Lipinski definition) is 4. The van der Waals surface area contributed by atoms with Crippen LogP contribution in [0.1, 0.15) is 72.8 Å². The maximum atomic E-state index is 6.02. The minimum Gasteiger partial charge on any atom is -0.490 e. The van der Waals surface area contributed by atoms with Gasteiger partial charge in [-0.25, -0.2) is 0 Å². The number of anilines is 1. The fourth-order valence-corrected chi connectivity index (χ4v) is 7.11. The molecule has 2 atom stereocenters. The second-order valence-corrected chi connectivity index (χ2v) is 12.0. The lowest BCUT2D eigenvalue weighted by molar-refractivity contribution is 0.275. The Morgan fingerprint density at radius 1 is 0.829 bits per heavy atom. The van der Waals surface area contributed by atoms with Gasteiger partial charge in [0.1, 0.15) is 0 Å². The molecule has 0 N–H and O–H groups in total. The van der Waals surface area contributed by atoms with E-state index in [0.717, 1.165) is 58.7 Å². The lowest BCUT2D eigenvalue weighted by atomic mass is 9.76. The fraction of sp³-hybridized carbons (Fsp3) is 0.306. The SMILES string of the molecule is CCCOc1c(I)cc(C=Nc2cc3c4c(c2)[C@H](c2ccccc2)CCN4CC[C@@H]3c2ccccc2)cc1OCC. The molecule has 0 spiro atoms. The van der Waals surface area contributed by atoms with Crippen molar-refractivity contribution in [3.05, 3.63) is 116 Å². The number of benzene rings is 4. The molecule has 5 heteroatoms. The van der Waals surface area contributed by atoms with Crippen LogP contribution in [-0.2, 0) is 0 Å². The van der Waals surface area contributed by atoms with Crippen LogP contribution in [0.3, 0.4) is 0 Å². The Kier molecular flexibility index (Phi) is 8.61. The first kappa shape index (κ1) is 27.8. The molecule has 4 aromatic carbocycles. The number of halogens is 1. The van der Waals surface area contributed by atoms with Gasteiger partial charge in [-0.05, 0) is 101 Å². The van der Waals surface area contributed by atoms with Crippen LogP contribution in [0.5, 0.6) is 11.5 Å². The summed E-state index contributed by atoms with van der Waals surface area (Å²) in [4.78, 5) is 7.70. The molecule has 2 heterocycles. The Morgan fingerprint density at radius 3 is 2.00 bits per heavy atom. The summed E-state index contributed by atoms with van der Waals surface area (Å²) in [5.74, 6) is 2.33. The van der Waals surface area contributed by atoms with E-state index in [1.54, 1.807) is 0 Å². The quantitative estimate of drug-likeness (QED) is 0.133. The summed E-state index contributed by atoms with van der Waals surface area (Å²) < 4.78 is 13.0. The molecule has 0 amide bonds. The van der Waals surface area contributed by atoms with Gasteiger partial charge < -0.3 is 14.4 Å². The molecule has 210 valence electrons. The molecule has 2 aliphatic rings. The Bertz CT molecular complexity index is 1450. The molecule has 2 aliphatic heterocycles. The third kappa shape index (κ3) is 5.87. The van der Waals surface area contributed by atoms with Crippen molar-refractivity contribution < 1.29 is 9.47 Å². The van der Waals surface area contributed by atoms with E-state index in [9.17, 15) is 0 Å². The van der Waals surface area contributed by atoms with E-state index < -0.39 is 0 Å². The van der Waals surface area contributed by atoms with Crippen molar-refractivity contribution >= 4 is 40.2 Å². The van der Waals surface area contributed by atoms with Gasteiger partial charge in [0, 0.05) is 36.8 Å². The smallest absolute Gasteiger partial charge is 0.174 e. The van der Waals surface area contributed by atoms with Gasteiger partial charge in [-0.1, -0.05) is 67.6 Å². The number of aliphatic imine (C=N–C) groups is 1. The molecule has 0 saturated heterocycles. The van der Waals surface area contributed by atoms with Gasteiger partial charge in [0.05, 0.1) is 22.5 Å². The molecule has 0 saturated carbocycles. The molecule has 0 bridgehead atoms. The molecular weight excluding hydrogens is 619 g/mol. The average molecular weight is 657 g/mol. The van der Waals surface area contributed by atoms with Crippen molar-refractivity contribution in [3.63, 3.8) is 0 Å². The number of rotatable bonds is 9. The number of hydrogen-bond donors (Lipinski definition) is 0. The molecule has 0 radical (unpaired) electrons. The molecule has 4 nitrogen and oxygen atoms in total. The van der Waals surface area contributed by atoms with Crippen LogP contribution in [0.25, 0.3) is 0 Å². The lowest BCUT2D eigenvalue weighted by Crippen LogP contribution is -2.37. The average Bonchev–Trinajstić information content (AvgIpc) is 3.01. The van der Waals surface area contributed by atoms with E-state index in [0.29, 0.717) is 25.0 Å². The third-order valence-electron chi connectivity index (χ3n) is 8.14. The van der Waals surface area contributed by atoms with Crippen LogP contribution in [0.15, 0.2) is 89.9 Å². The molecule has 41 heavy (non-hydrogen) atoms. The van der Waals surface area contributed by atoms with Crippen molar-refractivity contribution in [1.29, 1.82) is 0 Å². The molecule has 0 fully saturated rings. The van der Waals surface area contributed by atoms with E-state index in [-0.39, 0.29) is 0 Å². The minimum atomic E-state index is 0.367. The van der Waals surface area contributed by atoms with Crippen molar-refractivity contribution in [2.75, 3.05) is 31.2 Å². The largest absolute Gasteiger partial charge is 0.490 e. The van der Waals surface area contributed by atoms with E-state index in [1.165, 1.54) is 27.9 Å². The number of nitrogens with zero attached hydrogens (tertiary/aromatic N) is 2. The zero-order valence-corrected chi connectivity index (χ0v) is 26.0. The highest BCUT2D eigenvalue weighted by Gasteiger charge is 2.35. The van der Waals surface area contributed by atoms with Gasteiger partial charge in [0.25, 0.3) is 0 Å². The van der Waals surface area contributed by atoms with Gasteiger partial charge in [-0.3, -0.25) is 4.99 Å². The topological polar surface area (TPSA) is 34.1 Å².